The van der Waals surface area contributed by atoms with E-state index in [1.807, 2.05) is 47.8 Å². The molecule has 0 radical (unpaired) electrons. The lowest BCUT2D eigenvalue weighted by atomic mass is 10.1. The molecule has 1 aromatic carbocycles. The third-order valence-electron chi connectivity index (χ3n) is 5.08. The van der Waals surface area contributed by atoms with E-state index >= 15 is 0 Å². The second-order valence-electron chi connectivity index (χ2n) is 6.86. The van der Waals surface area contributed by atoms with Crippen LogP contribution >= 0.6 is 23.1 Å². The monoisotopic (exact) mass is 425 g/mol. The van der Waals surface area contributed by atoms with Crippen molar-refractivity contribution in [2.75, 3.05) is 6.26 Å². The predicted molar refractivity (Wildman–Crippen MR) is 112 cm³/mol. The molecule has 148 valence electrons. The highest BCUT2D eigenvalue weighted by atomic mass is 32.2. The summed E-state index contributed by atoms with van der Waals surface area (Å²) in [6.07, 6.45) is 6.43. The molecule has 0 aliphatic carbocycles. The zero-order chi connectivity index (χ0) is 19.8. The molecule has 29 heavy (non-hydrogen) atoms. The first kappa shape index (κ1) is 18.4. The second-order valence-corrected chi connectivity index (χ2v) is 8.72. The Labute approximate surface area is 176 Å². The van der Waals surface area contributed by atoms with E-state index in [9.17, 15) is 4.79 Å². The molecular formula is C20H19N5O2S2. The second kappa shape index (κ2) is 7.66. The molecule has 1 fully saturated rings. The standard InChI is InChI=1S/C20H19N5O2S2/c1-28-14-6-4-13(5-7-14)19-21-18(27-23-19)12-24-8-9-25-16(20(24)26)11-15(22-25)17-3-2-10-29-17/h2-10,15-16,22H,11-12H2,1H3. The zero-order valence-corrected chi connectivity index (χ0v) is 17.3. The third kappa shape index (κ3) is 3.57. The van der Waals surface area contributed by atoms with E-state index in [2.05, 4.69) is 27.0 Å². The van der Waals surface area contributed by atoms with Crippen molar-refractivity contribution in [3.05, 3.63) is 64.9 Å². The van der Waals surface area contributed by atoms with Crippen molar-refractivity contribution < 1.29 is 9.32 Å². The molecule has 0 bridgehead atoms. The van der Waals surface area contributed by atoms with Gasteiger partial charge in [-0.1, -0.05) is 11.2 Å². The first-order chi connectivity index (χ1) is 14.2. The van der Waals surface area contributed by atoms with E-state index in [1.165, 1.54) is 9.77 Å². The van der Waals surface area contributed by atoms with E-state index in [1.54, 1.807) is 34.2 Å². The highest BCUT2D eigenvalue weighted by Gasteiger charge is 2.40. The van der Waals surface area contributed by atoms with Gasteiger partial charge in [0.05, 0.1) is 6.04 Å². The van der Waals surface area contributed by atoms with Crippen LogP contribution in [-0.2, 0) is 11.3 Å². The van der Waals surface area contributed by atoms with Gasteiger partial charge >= 0.3 is 0 Å². The number of thiophene rings is 1. The van der Waals surface area contributed by atoms with Crippen molar-refractivity contribution in [3.8, 4) is 11.4 Å². The molecule has 3 aromatic rings. The number of hydrazine groups is 1. The summed E-state index contributed by atoms with van der Waals surface area (Å²) in [5.41, 5.74) is 4.29. The number of aromatic nitrogens is 2. The van der Waals surface area contributed by atoms with Gasteiger partial charge in [0.25, 0.3) is 5.91 Å². The summed E-state index contributed by atoms with van der Waals surface area (Å²) in [6.45, 7) is 0.263. The molecule has 1 amide bonds. The van der Waals surface area contributed by atoms with Crippen LogP contribution in [0.1, 0.15) is 23.2 Å². The lowest BCUT2D eigenvalue weighted by Crippen LogP contribution is -2.47. The maximum Gasteiger partial charge on any atom is 0.251 e. The van der Waals surface area contributed by atoms with Crippen molar-refractivity contribution in [3.63, 3.8) is 0 Å². The number of benzene rings is 1. The smallest absolute Gasteiger partial charge is 0.251 e. The minimum absolute atomic E-state index is 0.0307. The number of rotatable bonds is 5. The molecule has 2 unspecified atom stereocenters. The van der Waals surface area contributed by atoms with Crippen LogP contribution in [0.3, 0.4) is 0 Å². The number of thioether (sulfide) groups is 1. The quantitative estimate of drug-likeness (QED) is 0.626. The fourth-order valence-electron chi connectivity index (χ4n) is 3.57. The lowest BCUT2D eigenvalue weighted by Gasteiger charge is -2.30. The molecule has 2 aromatic heterocycles. The molecule has 0 spiro atoms. The number of nitrogens with one attached hydrogen (secondary N) is 1. The Morgan fingerprint density at radius 3 is 2.90 bits per heavy atom. The Hall–Kier alpha value is -2.62. The number of carbonyl (C=O) groups is 1. The summed E-state index contributed by atoms with van der Waals surface area (Å²) in [5, 5.41) is 8.02. The molecule has 2 atom stereocenters. The Balaban J connectivity index is 1.28. The average Bonchev–Trinajstić information content (AvgIpc) is 3.50. The first-order valence-electron chi connectivity index (χ1n) is 9.25. The molecule has 1 N–H and O–H groups in total. The van der Waals surface area contributed by atoms with E-state index in [-0.39, 0.29) is 24.5 Å². The molecular weight excluding hydrogens is 406 g/mol. The number of nitrogens with zero attached hydrogens (tertiary/aromatic N) is 4. The molecule has 0 saturated carbocycles. The normalized spacial score (nSPS) is 21.1. The minimum Gasteiger partial charge on any atom is -0.337 e. The zero-order valence-electron chi connectivity index (χ0n) is 15.7. The molecule has 1 saturated heterocycles. The molecule has 7 nitrogen and oxygen atoms in total. The van der Waals surface area contributed by atoms with Crippen LogP contribution in [0.2, 0.25) is 0 Å². The molecule has 4 heterocycles. The van der Waals surface area contributed by atoms with E-state index in [4.69, 9.17) is 4.52 Å². The largest absolute Gasteiger partial charge is 0.337 e. The Morgan fingerprint density at radius 1 is 1.28 bits per heavy atom. The van der Waals surface area contributed by atoms with Gasteiger partial charge in [0.15, 0.2) is 0 Å². The van der Waals surface area contributed by atoms with Crippen LogP contribution in [0.4, 0.5) is 0 Å². The minimum atomic E-state index is -0.228. The fourth-order valence-corrected chi connectivity index (χ4v) is 4.76. The van der Waals surface area contributed by atoms with Crippen LogP contribution in [0.25, 0.3) is 11.4 Å². The van der Waals surface area contributed by atoms with Gasteiger partial charge in [-0.3, -0.25) is 4.79 Å². The summed E-state index contributed by atoms with van der Waals surface area (Å²) in [5.74, 6) is 0.979. The van der Waals surface area contributed by atoms with Crippen molar-refractivity contribution in [2.45, 2.75) is 29.9 Å². The van der Waals surface area contributed by atoms with E-state index < -0.39 is 0 Å². The van der Waals surface area contributed by atoms with E-state index in [0.717, 1.165) is 12.0 Å². The van der Waals surface area contributed by atoms with Gasteiger partial charge in [-0.2, -0.15) is 4.98 Å². The molecule has 5 rings (SSSR count). The average molecular weight is 426 g/mol. The van der Waals surface area contributed by atoms with Crippen LogP contribution in [0, 0.1) is 0 Å². The third-order valence-corrected chi connectivity index (χ3v) is 6.81. The van der Waals surface area contributed by atoms with Crippen LogP contribution in [0.15, 0.2) is 63.6 Å². The first-order valence-corrected chi connectivity index (χ1v) is 11.4. The Morgan fingerprint density at radius 2 is 2.14 bits per heavy atom. The molecule has 2 aliphatic heterocycles. The number of amides is 1. The van der Waals surface area contributed by atoms with Crippen molar-refractivity contribution in [2.24, 2.45) is 0 Å². The summed E-state index contributed by atoms with van der Waals surface area (Å²) < 4.78 is 5.40. The van der Waals surface area contributed by atoms with Crippen LogP contribution in [-0.4, -0.2) is 38.3 Å². The topological polar surface area (TPSA) is 74.5 Å². The van der Waals surface area contributed by atoms with Crippen molar-refractivity contribution >= 4 is 29.0 Å². The van der Waals surface area contributed by atoms with Gasteiger partial charge in [-0.25, -0.2) is 5.43 Å². The Kier molecular flexibility index (Phi) is 4.86. The van der Waals surface area contributed by atoms with Gasteiger partial charge in [-0.15, -0.1) is 23.1 Å². The van der Waals surface area contributed by atoms with Gasteiger partial charge in [-0.05, 0) is 42.0 Å². The summed E-state index contributed by atoms with van der Waals surface area (Å²) in [7, 11) is 0. The number of hydrogen-bond acceptors (Lipinski definition) is 8. The van der Waals surface area contributed by atoms with E-state index in [0.29, 0.717) is 11.7 Å². The van der Waals surface area contributed by atoms with Gasteiger partial charge in [0, 0.05) is 34.2 Å². The molecule has 2 aliphatic rings. The maximum atomic E-state index is 13.0. The van der Waals surface area contributed by atoms with Crippen LogP contribution in [0.5, 0.6) is 0 Å². The number of fused-ring (bicyclic) bond motifs is 1. The predicted octanol–water partition coefficient (Wildman–Crippen LogP) is 3.65. The SMILES string of the molecule is CSc1ccc(-c2noc(CN3C=CN4NC(c5cccs5)CC4C3=O)n2)cc1. The summed E-state index contributed by atoms with van der Waals surface area (Å²) in [6, 6.07) is 12.1. The van der Waals surface area contributed by atoms with Gasteiger partial charge < -0.3 is 14.4 Å². The lowest BCUT2D eigenvalue weighted by molar-refractivity contribution is -0.135. The highest BCUT2D eigenvalue weighted by Crippen LogP contribution is 2.33. The van der Waals surface area contributed by atoms with Crippen molar-refractivity contribution in [1.29, 1.82) is 0 Å². The van der Waals surface area contributed by atoms with Gasteiger partial charge in [0.2, 0.25) is 11.7 Å². The number of hydrogen-bond donors (Lipinski definition) is 1. The maximum absolute atomic E-state index is 13.0. The Bertz CT molecular complexity index is 1030. The summed E-state index contributed by atoms with van der Waals surface area (Å²) >= 11 is 3.38. The van der Waals surface area contributed by atoms with Crippen molar-refractivity contribution in [1.82, 2.24) is 25.5 Å². The highest BCUT2D eigenvalue weighted by molar-refractivity contribution is 7.98. The van der Waals surface area contributed by atoms with Crippen LogP contribution < -0.4 is 5.43 Å². The fraction of sp³-hybridized carbons (Fsp3) is 0.250. The number of carbonyl (C=O) groups excluding carboxylic acids is 1. The summed E-state index contributed by atoms with van der Waals surface area (Å²) in [4.78, 5) is 21.5. The molecule has 9 heteroatoms. The van der Waals surface area contributed by atoms with Gasteiger partial charge in [0.1, 0.15) is 12.6 Å².